The van der Waals surface area contributed by atoms with E-state index in [1.54, 1.807) is 0 Å². The van der Waals surface area contributed by atoms with E-state index < -0.39 is 0 Å². The lowest BCUT2D eigenvalue weighted by Crippen LogP contribution is -2.48. The van der Waals surface area contributed by atoms with Crippen molar-refractivity contribution in [1.29, 1.82) is 0 Å². The lowest BCUT2D eigenvalue weighted by molar-refractivity contribution is 0.0930. The molecule has 3 nitrogen and oxygen atoms in total. The highest BCUT2D eigenvalue weighted by atomic mass is 16.5. The van der Waals surface area contributed by atoms with Gasteiger partial charge in [0.15, 0.2) is 0 Å². The first-order valence-corrected chi connectivity index (χ1v) is 7.87. The monoisotopic (exact) mass is 254 g/mol. The number of likely N-dealkylation sites (tertiary alicyclic amines) is 1. The average Bonchev–Trinajstić information content (AvgIpc) is 2.86. The van der Waals surface area contributed by atoms with E-state index in [-0.39, 0.29) is 0 Å². The molecule has 0 aromatic carbocycles. The predicted molar refractivity (Wildman–Crippen MR) is 75.9 cm³/mol. The van der Waals surface area contributed by atoms with Crippen molar-refractivity contribution in [2.45, 2.75) is 58.1 Å². The normalized spacial score (nSPS) is 34.0. The van der Waals surface area contributed by atoms with Crippen molar-refractivity contribution in [2.75, 3.05) is 32.8 Å². The Morgan fingerprint density at radius 1 is 1.33 bits per heavy atom. The number of ether oxygens (including phenoxy) is 1. The molecular formula is C15H30N2O. The fraction of sp³-hybridized carbons (Fsp3) is 1.00. The van der Waals surface area contributed by atoms with Crippen molar-refractivity contribution in [3.63, 3.8) is 0 Å². The van der Waals surface area contributed by atoms with Gasteiger partial charge in [-0.15, -0.1) is 0 Å². The molecule has 3 atom stereocenters. The van der Waals surface area contributed by atoms with Gasteiger partial charge < -0.3 is 15.0 Å². The van der Waals surface area contributed by atoms with Crippen LogP contribution >= 0.6 is 0 Å². The van der Waals surface area contributed by atoms with E-state index in [9.17, 15) is 0 Å². The zero-order chi connectivity index (χ0) is 12.8. The molecule has 2 fully saturated rings. The summed E-state index contributed by atoms with van der Waals surface area (Å²) in [6.07, 6.45) is 7.02. The van der Waals surface area contributed by atoms with Crippen LogP contribution in [0.1, 0.15) is 46.0 Å². The molecule has 2 heterocycles. The van der Waals surface area contributed by atoms with Crippen LogP contribution in [0.3, 0.4) is 0 Å². The number of piperidine rings is 1. The molecular weight excluding hydrogens is 224 g/mol. The van der Waals surface area contributed by atoms with Crippen molar-refractivity contribution < 1.29 is 4.74 Å². The van der Waals surface area contributed by atoms with Gasteiger partial charge in [0.05, 0.1) is 6.10 Å². The molecule has 0 aromatic rings. The second-order valence-corrected chi connectivity index (χ2v) is 6.01. The number of nitrogens with zero attached hydrogens (tertiary/aromatic N) is 1. The maximum atomic E-state index is 5.68. The van der Waals surface area contributed by atoms with Gasteiger partial charge in [-0.2, -0.15) is 0 Å². The molecule has 2 aliphatic heterocycles. The first-order chi connectivity index (χ1) is 8.79. The first-order valence-electron chi connectivity index (χ1n) is 7.87. The molecule has 2 aliphatic rings. The second kappa shape index (κ2) is 7.46. The Labute approximate surface area is 112 Å². The van der Waals surface area contributed by atoms with Crippen molar-refractivity contribution in [3.05, 3.63) is 0 Å². The van der Waals surface area contributed by atoms with Gasteiger partial charge in [-0.1, -0.05) is 13.8 Å². The van der Waals surface area contributed by atoms with Crippen molar-refractivity contribution in [3.8, 4) is 0 Å². The summed E-state index contributed by atoms with van der Waals surface area (Å²) in [6, 6.07) is 0.740. The Hall–Kier alpha value is -0.120. The van der Waals surface area contributed by atoms with E-state index in [4.69, 9.17) is 4.74 Å². The molecule has 0 aromatic heterocycles. The lowest BCUT2D eigenvalue weighted by atomic mass is 9.93. The molecule has 0 saturated carbocycles. The number of rotatable bonds is 6. The van der Waals surface area contributed by atoms with Gasteiger partial charge in [0, 0.05) is 19.2 Å². The number of nitrogens with one attached hydrogen (secondary N) is 1. The first kappa shape index (κ1) is 14.3. The van der Waals surface area contributed by atoms with Crippen molar-refractivity contribution >= 4 is 0 Å². The van der Waals surface area contributed by atoms with Crippen molar-refractivity contribution in [1.82, 2.24) is 10.2 Å². The third-order valence-corrected chi connectivity index (χ3v) is 4.48. The zero-order valence-corrected chi connectivity index (χ0v) is 12.2. The Bertz CT molecular complexity index is 229. The third kappa shape index (κ3) is 4.22. The van der Waals surface area contributed by atoms with Crippen LogP contribution in [0.4, 0.5) is 0 Å². The molecule has 0 aliphatic carbocycles. The van der Waals surface area contributed by atoms with Gasteiger partial charge in [-0.3, -0.25) is 0 Å². The Morgan fingerprint density at radius 2 is 2.22 bits per heavy atom. The topological polar surface area (TPSA) is 24.5 Å². The van der Waals surface area contributed by atoms with Crippen LogP contribution in [0.2, 0.25) is 0 Å². The van der Waals surface area contributed by atoms with Gasteiger partial charge >= 0.3 is 0 Å². The maximum absolute atomic E-state index is 5.68. The lowest BCUT2D eigenvalue weighted by Gasteiger charge is -2.37. The summed E-state index contributed by atoms with van der Waals surface area (Å²) in [4.78, 5) is 2.65. The van der Waals surface area contributed by atoms with Gasteiger partial charge in [0.1, 0.15) is 0 Å². The standard InChI is InChI=1S/C15H30N2O/c1-3-16-15-8-10-17(12-13(15)2)9-4-6-14-7-5-11-18-14/h13-16H,3-12H2,1-2H3. The molecule has 2 rings (SSSR count). The smallest absolute Gasteiger partial charge is 0.0576 e. The Morgan fingerprint density at radius 3 is 2.89 bits per heavy atom. The molecule has 18 heavy (non-hydrogen) atoms. The van der Waals surface area contributed by atoms with E-state index >= 15 is 0 Å². The second-order valence-electron chi connectivity index (χ2n) is 6.01. The van der Waals surface area contributed by atoms with Gasteiger partial charge in [-0.25, -0.2) is 0 Å². The maximum Gasteiger partial charge on any atom is 0.0576 e. The summed E-state index contributed by atoms with van der Waals surface area (Å²) in [5.41, 5.74) is 0. The van der Waals surface area contributed by atoms with Crippen LogP contribution in [0.5, 0.6) is 0 Å². The molecule has 0 bridgehead atoms. The summed E-state index contributed by atoms with van der Waals surface area (Å²) in [5, 5.41) is 3.61. The molecule has 0 radical (unpaired) electrons. The van der Waals surface area contributed by atoms with Gasteiger partial charge in [-0.05, 0) is 57.7 Å². The van der Waals surface area contributed by atoms with Crippen LogP contribution in [0.25, 0.3) is 0 Å². The van der Waals surface area contributed by atoms with Crippen LogP contribution in [-0.4, -0.2) is 49.8 Å². The molecule has 0 amide bonds. The molecule has 3 unspecified atom stereocenters. The average molecular weight is 254 g/mol. The highest BCUT2D eigenvalue weighted by Crippen LogP contribution is 2.20. The fourth-order valence-corrected chi connectivity index (χ4v) is 3.42. The summed E-state index contributed by atoms with van der Waals surface area (Å²) in [5.74, 6) is 0.793. The van der Waals surface area contributed by atoms with E-state index in [0.29, 0.717) is 6.10 Å². The van der Waals surface area contributed by atoms with E-state index in [1.165, 1.54) is 51.7 Å². The molecule has 3 heteroatoms. The Kier molecular flexibility index (Phi) is 5.93. The fourth-order valence-electron chi connectivity index (χ4n) is 3.42. The summed E-state index contributed by atoms with van der Waals surface area (Å²) >= 11 is 0. The van der Waals surface area contributed by atoms with Crippen LogP contribution < -0.4 is 5.32 Å². The van der Waals surface area contributed by atoms with Crippen LogP contribution in [0.15, 0.2) is 0 Å². The zero-order valence-electron chi connectivity index (χ0n) is 12.2. The summed E-state index contributed by atoms with van der Waals surface area (Å²) < 4.78 is 5.68. The number of hydrogen-bond acceptors (Lipinski definition) is 3. The molecule has 106 valence electrons. The molecule has 0 spiro atoms. The Balaban J connectivity index is 1.59. The summed E-state index contributed by atoms with van der Waals surface area (Å²) in [6.45, 7) is 10.5. The minimum Gasteiger partial charge on any atom is -0.378 e. The van der Waals surface area contributed by atoms with Gasteiger partial charge in [0.25, 0.3) is 0 Å². The number of hydrogen-bond donors (Lipinski definition) is 1. The van der Waals surface area contributed by atoms with Crippen LogP contribution in [0, 0.1) is 5.92 Å². The van der Waals surface area contributed by atoms with Crippen molar-refractivity contribution in [2.24, 2.45) is 5.92 Å². The van der Waals surface area contributed by atoms with E-state index in [1.807, 2.05) is 0 Å². The largest absolute Gasteiger partial charge is 0.378 e. The summed E-state index contributed by atoms with van der Waals surface area (Å²) in [7, 11) is 0. The van der Waals surface area contributed by atoms with E-state index in [0.717, 1.165) is 25.1 Å². The quantitative estimate of drug-likeness (QED) is 0.787. The highest BCUT2D eigenvalue weighted by Gasteiger charge is 2.25. The third-order valence-electron chi connectivity index (χ3n) is 4.48. The minimum absolute atomic E-state index is 0.571. The molecule has 2 saturated heterocycles. The highest BCUT2D eigenvalue weighted by molar-refractivity contribution is 4.82. The minimum atomic E-state index is 0.571. The SMILES string of the molecule is CCNC1CCN(CCCC2CCCO2)CC1C. The van der Waals surface area contributed by atoms with E-state index in [2.05, 4.69) is 24.1 Å². The predicted octanol–water partition coefficient (Wildman–Crippen LogP) is 2.27. The van der Waals surface area contributed by atoms with Gasteiger partial charge in [0.2, 0.25) is 0 Å². The molecule has 1 N–H and O–H groups in total. The van der Waals surface area contributed by atoms with Crippen LogP contribution in [-0.2, 0) is 4.74 Å².